The highest BCUT2D eigenvalue weighted by molar-refractivity contribution is 6.76. The summed E-state index contributed by atoms with van der Waals surface area (Å²) in [6.07, 6.45) is 0.925. The van der Waals surface area contributed by atoms with Crippen molar-refractivity contribution < 1.29 is 19.1 Å². The van der Waals surface area contributed by atoms with Crippen molar-refractivity contribution in [2.24, 2.45) is 0 Å². The van der Waals surface area contributed by atoms with Crippen LogP contribution in [0, 0.1) is 0 Å². The van der Waals surface area contributed by atoms with Crippen LogP contribution in [0.3, 0.4) is 0 Å². The minimum atomic E-state index is -2.17. The van der Waals surface area contributed by atoms with E-state index in [-0.39, 0.29) is 12.3 Å². The van der Waals surface area contributed by atoms with Gasteiger partial charge in [0.25, 0.3) is 9.70 Å². The fourth-order valence-corrected chi connectivity index (χ4v) is 1.43. The number of halogens is 3. The van der Waals surface area contributed by atoms with E-state index in [1.807, 2.05) is 6.92 Å². The van der Waals surface area contributed by atoms with Crippen LogP contribution in [-0.4, -0.2) is 38.8 Å². The van der Waals surface area contributed by atoms with Crippen LogP contribution >= 0.6 is 34.8 Å². The maximum atomic E-state index is 11.6. The van der Waals surface area contributed by atoms with Gasteiger partial charge in [-0.2, -0.15) is 4.79 Å². The van der Waals surface area contributed by atoms with E-state index in [0.29, 0.717) is 12.8 Å². The Bertz CT molecular complexity index is 389. The fraction of sp³-hybridized carbons (Fsp3) is 0.700. The lowest BCUT2D eigenvalue weighted by atomic mass is 10.1. The zero-order valence-electron chi connectivity index (χ0n) is 10.5. The van der Waals surface area contributed by atoms with Gasteiger partial charge in [-0.25, -0.2) is 4.79 Å². The second-order valence-electron chi connectivity index (χ2n) is 3.52. The Morgan fingerprint density at radius 1 is 1.37 bits per heavy atom. The normalized spacial score (nSPS) is 12.3. The first-order valence-electron chi connectivity index (χ1n) is 5.54. The highest BCUT2D eigenvalue weighted by Crippen LogP contribution is 2.26. The Hall–Kier alpha value is -0.810. The molecule has 6 nitrogen and oxygen atoms in total. The van der Waals surface area contributed by atoms with Gasteiger partial charge in [-0.05, 0) is 13.3 Å². The van der Waals surface area contributed by atoms with E-state index in [2.05, 4.69) is 10.1 Å². The zero-order valence-corrected chi connectivity index (χ0v) is 12.7. The maximum Gasteiger partial charge on any atom is 0.419 e. The van der Waals surface area contributed by atoms with E-state index in [1.165, 1.54) is 0 Å². The molecule has 0 heterocycles. The van der Waals surface area contributed by atoms with E-state index < -0.39 is 21.7 Å². The predicted molar refractivity (Wildman–Crippen MR) is 72.4 cm³/mol. The number of hydrogen-bond acceptors (Lipinski definition) is 3. The molecule has 0 bridgehead atoms. The van der Waals surface area contributed by atoms with Crippen LogP contribution in [0.25, 0.3) is 5.53 Å². The van der Waals surface area contributed by atoms with Gasteiger partial charge >= 0.3 is 11.7 Å². The maximum absolute atomic E-state index is 11.6. The molecule has 0 fully saturated rings. The highest BCUT2D eigenvalue weighted by Gasteiger charge is 2.38. The summed E-state index contributed by atoms with van der Waals surface area (Å²) in [5, 5.41) is 2.32. The van der Waals surface area contributed by atoms with Gasteiger partial charge in [-0.3, -0.25) is 4.79 Å². The lowest BCUT2D eigenvalue weighted by Crippen LogP contribution is -2.48. The smallest absolute Gasteiger partial charge is 0.419 e. The Morgan fingerprint density at radius 2 is 1.95 bits per heavy atom. The molecule has 0 aliphatic heterocycles. The molecule has 0 rings (SSSR count). The van der Waals surface area contributed by atoms with Crippen molar-refractivity contribution in [3.05, 3.63) is 5.53 Å². The van der Waals surface area contributed by atoms with Gasteiger partial charge in [0, 0.05) is 0 Å². The van der Waals surface area contributed by atoms with Crippen LogP contribution in [0.5, 0.6) is 0 Å². The Morgan fingerprint density at radius 3 is 2.32 bits per heavy atom. The number of nitrogens with zero attached hydrogens (tertiary/aromatic N) is 2. The van der Waals surface area contributed by atoms with E-state index >= 15 is 0 Å². The summed E-state index contributed by atoms with van der Waals surface area (Å²) in [5.41, 5.74) is 8.53. The standard InChI is InChI=1S/C10H14Cl3N3O3/c1-3-5-6(15-9(18)10(11,12)13)7(16-14)8(17)19-4-2/h6H,3-5H2,1-2H3,(H,15,18). The number of esters is 1. The first-order valence-corrected chi connectivity index (χ1v) is 6.68. The summed E-state index contributed by atoms with van der Waals surface area (Å²) in [5.74, 6) is -1.76. The minimum Gasteiger partial charge on any atom is -0.457 e. The average molecular weight is 331 g/mol. The van der Waals surface area contributed by atoms with Crippen molar-refractivity contribution >= 4 is 52.4 Å². The molecule has 1 N–H and O–H groups in total. The molecule has 9 heteroatoms. The molecule has 0 saturated carbocycles. The number of hydrogen-bond donors (Lipinski definition) is 1. The molecule has 19 heavy (non-hydrogen) atoms. The third kappa shape index (κ3) is 6.25. The van der Waals surface area contributed by atoms with Crippen molar-refractivity contribution in [3.63, 3.8) is 0 Å². The van der Waals surface area contributed by atoms with Gasteiger partial charge < -0.3 is 15.6 Å². The summed E-state index contributed by atoms with van der Waals surface area (Å²) in [4.78, 5) is 26.0. The van der Waals surface area contributed by atoms with Crippen LogP contribution in [0.15, 0.2) is 0 Å². The molecule has 0 saturated heterocycles. The summed E-state index contributed by atoms with van der Waals surface area (Å²) in [7, 11) is 0. The van der Waals surface area contributed by atoms with E-state index in [0.717, 1.165) is 0 Å². The van der Waals surface area contributed by atoms with Crippen molar-refractivity contribution in [1.82, 2.24) is 5.32 Å². The number of carbonyl (C=O) groups is 2. The van der Waals surface area contributed by atoms with Crippen LogP contribution in [0.1, 0.15) is 26.7 Å². The monoisotopic (exact) mass is 329 g/mol. The SMILES string of the molecule is CCCC(NC(=O)C(Cl)(Cl)Cl)C(=[N+]=[N-])C(=O)OCC. The molecule has 0 radical (unpaired) electrons. The quantitative estimate of drug-likeness (QED) is 0.265. The molecule has 1 unspecified atom stereocenters. The molecule has 0 aliphatic rings. The van der Waals surface area contributed by atoms with Crippen LogP contribution in [-0.2, 0) is 14.3 Å². The largest absolute Gasteiger partial charge is 0.457 e. The van der Waals surface area contributed by atoms with E-state index in [9.17, 15) is 9.59 Å². The second-order valence-corrected chi connectivity index (χ2v) is 5.80. The molecule has 0 aromatic carbocycles. The summed E-state index contributed by atoms with van der Waals surface area (Å²) >= 11 is 16.3. The molecular weight excluding hydrogens is 316 g/mol. The van der Waals surface area contributed by atoms with E-state index in [1.54, 1.807) is 6.92 Å². The third-order valence-electron chi connectivity index (χ3n) is 2.06. The number of rotatable bonds is 6. The molecule has 0 aliphatic carbocycles. The zero-order chi connectivity index (χ0) is 15.1. The topological polar surface area (TPSA) is 91.8 Å². The van der Waals surface area contributed by atoms with Gasteiger partial charge in [0.2, 0.25) is 0 Å². The summed E-state index contributed by atoms with van der Waals surface area (Å²) in [6, 6.07) is -0.892. The van der Waals surface area contributed by atoms with E-state index in [4.69, 9.17) is 45.1 Å². The molecule has 108 valence electrons. The van der Waals surface area contributed by atoms with Crippen molar-refractivity contribution in [1.29, 1.82) is 0 Å². The Labute approximate surface area is 126 Å². The number of carbonyl (C=O) groups excluding carboxylic acids is 2. The van der Waals surface area contributed by atoms with Gasteiger partial charge in [-0.1, -0.05) is 48.1 Å². The second kappa shape index (κ2) is 8.38. The number of ether oxygens (including phenoxy) is 1. The number of nitrogens with one attached hydrogen (secondary N) is 1. The lowest BCUT2D eigenvalue weighted by Gasteiger charge is -2.16. The Balaban J connectivity index is 5.04. The number of amides is 1. The van der Waals surface area contributed by atoms with Crippen LogP contribution in [0.2, 0.25) is 0 Å². The summed E-state index contributed by atoms with van der Waals surface area (Å²) < 4.78 is 2.54. The fourth-order valence-electron chi connectivity index (χ4n) is 1.26. The summed E-state index contributed by atoms with van der Waals surface area (Å²) in [6.45, 7) is 3.52. The van der Waals surface area contributed by atoms with Crippen molar-refractivity contribution in [3.8, 4) is 0 Å². The van der Waals surface area contributed by atoms with Gasteiger partial charge in [0.1, 0.15) is 6.04 Å². The van der Waals surface area contributed by atoms with Gasteiger partial charge in [0.15, 0.2) is 0 Å². The van der Waals surface area contributed by atoms with Crippen molar-refractivity contribution in [2.45, 2.75) is 36.5 Å². The Kier molecular flexibility index (Phi) is 8.02. The average Bonchev–Trinajstić information content (AvgIpc) is 2.29. The lowest BCUT2D eigenvalue weighted by molar-refractivity contribution is -0.140. The molecular formula is C10H14Cl3N3O3. The first-order chi connectivity index (χ1) is 8.77. The third-order valence-corrected chi connectivity index (χ3v) is 2.58. The van der Waals surface area contributed by atoms with Gasteiger partial charge in [-0.15, -0.1) is 0 Å². The molecule has 0 aromatic rings. The first kappa shape index (κ1) is 18.2. The number of alkyl halides is 3. The molecule has 0 spiro atoms. The highest BCUT2D eigenvalue weighted by atomic mass is 35.6. The van der Waals surface area contributed by atoms with Gasteiger partial charge in [0.05, 0.1) is 6.61 Å². The molecule has 1 atom stereocenters. The molecule has 1 amide bonds. The van der Waals surface area contributed by atoms with Crippen LogP contribution in [0.4, 0.5) is 0 Å². The molecule has 0 aromatic heterocycles. The van der Waals surface area contributed by atoms with Crippen LogP contribution < -0.4 is 5.32 Å². The van der Waals surface area contributed by atoms with Crippen molar-refractivity contribution in [2.75, 3.05) is 6.61 Å². The predicted octanol–water partition coefficient (Wildman–Crippen LogP) is 1.88. The minimum absolute atomic E-state index is 0.106.